The first kappa shape index (κ1) is 17.0. The van der Waals surface area contributed by atoms with Crippen molar-refractivity contribution in [2.75, 3.05) is 25.5 Å². The number of carbonyl (C=O) groups is 1. The lowest BCUT2D eigenvalue weighted by Gasteiger charge is -2.25. The molecule has 1 saturated heterocycles. The van der Waals surface area contributed by atoms with Crippen LogP contribution >= 0.6 is 0 Å². The normalized spacial score (nSPS) is 19.9. The second-order valence-electron chi connectivity index (χ2n) is 7.39. The van der Waals surface area contributed by atoms with Crippen molar-refractivity contribution in [2.45, 2.75) is 51.1 Å². The fourth-order valence-electron chi connectivity index (χ4n) is 3.99. The van der Waals surface area contributed by atoms with Crippen LogP contribution in [0.4, 0.5) is 5.82 Å². The highest BCUT2D eigenvalue weighted by molar-refractivity contribution is 5.95. The topological polar surface area (TPSA) is 67.2 Å². The Hall–Kier alpha value is -2.44. The van der Waals surface area contributed by atoms with Crippen LogP contribution in [-0.2, 0) is 13.0 Å². The predicted octanol–water partition coefficient (Wildman–Crippen LogP) is 2.44. The Balaban J connectivity index is 1.62. The van der Waals surface area contributed by atoms with Gasteiger partial charge in [-0.15, -0.1) is 10.2 Å². The fraction of sp³-hybridized carbons (Fsp3) is 0.579. The monoisotopic (exact) mass is 354 g/mol. The maximum atomic E-state index is 13.2. The number of aryl methyl sites for hydroxylation is 1. The van der Waals surface area contributed by atoms with Gasteiger partial charge in [-0.05, 0) is 37.8 Å². The van der Waals surface area contributed by atoms with Gasteiger partial charge in [0.15, 0.2) is 5.82 Å². The Morgan fingerprint density at radius 2 is 2.04 bits per heavy atom. The van der Waals surface area contributed by atoms with Gasteiger partial charge < -0.3 is 14.4 Å². The molecule has 1 fully saturated rings. The molecule has 1 atom stereocenters. The van der Waals surface area contributed by atoms with Gasteiger partial charge in [0.2, 0.25) is 0 Å². The van der Waals surface area contributed by atoms with E-state index < -0.39 is 0 Å². The van der Waals surface area contributed by atoms with Gasteiger partial charge in [-0.2, -0.15) is 0 Å². The van der Waals surface area contributed by atoms with E-state index in [1.54, 1.807) is 12.3 Å². The molecule has 7 nitrogen and oxygen atoms in total. The third kappa shape index (κ3) is 3.06. The number of pyridine rings is 1. The van der Waals surface area contributed by atoms with Crippen LogP contribution in [0.5, 0.6) is 0 Å². The van der Waals surface area contributed by atoms with E-state index in [2.05, 4.69) is 19.7 Å². The number of fused-ring (bicyclic) bond motifs is 1. The van der Waals surface area contributed by atoms with E-state index in [9.17, 15) is 4.79 Å². The zero-order valence-electron chi connectivity index (χ0n) is 15.6. The molecule has 138 valence electrons. The first-order chi connectivity index (χ1) is 12.6. The van der Waals surface area contributed by atoms with Gasteiger partial charge in [-0.3, -0.25) is 4.79 Å². The molecule has 0 N–H and O–H groups in total. The van der Waals surface area contributed by atoms with Gasteiger partial charge in [0.05, 0.1) is 6.04 Å². The molecule has 0 aliphatic carbocycles. The summed E-state index contributed by atoms with van der Waals surface area (Å²) in [4.78, 5) is 21.4. The second kappa shape index (κ2) is 7.05. The minimum Gasteiger partial charge on any atom is -0.363 e. The van der Waals surface area contributed by atoms with Gasteiger partial charge in [-0.25, -0.2) is 4.98 Å². The van der Waals surface area contributed by atoms with Crippen molar-refractivity contribution >= 4 is 11.7 Å². The summed E-state index contributed by atoms with van der Waals surface area (Å²) in [5.41, 5.74) is 0.686. The van der Waals surface area contributed by atoms with Gasteiger partial charge in [0, 0.05) is 45.4 Å². The Morgan fingerprint density at radius 3 is 2.88 bits per heavy atom. The number of nitrogens with zero attached hydrogens (tertiary/aromatic N) is 6. The molecule has 2 aromatic heterocycles. The molecule has 2 aliphatic heterocycles. The number of amides is 1. The molecule has 0 unspecified atom stereocenters. The SMILES string of the molecule is CN(C)c1cc(C(=O)N2CCC[C@@H]2c2nnc3n2CCCCC3)ccn1. The summed E-state index contributed by atoms with van der Waals surface area (Å²) in [6, 6.07) is 3.69. The van der Waals surface area contributed by atoms with E-state index in [-0.39, 0.29) is 11.9 Å². The van der Waals surface area contributed by atoms with Crippen molar-refractivity contribution in [1.29, 1.82) is 0 Å². The lowest BCUT2D eigenvalue weighted by Crippen LogP contribution is -2.32. The van der Waals surface area contributed by atoms with E-state index in [0.29, 0.717) is 5.56 Å². The first-order valence-corrected chi connectivity index (χ1v) is 9.51. The summed E-state index contributed by atoms with van der Waals surface area (Å²) in [5.74, 6) is 2.90. The zero-order chi connectivity index (χ0) is 18.1. The van der Waals surface area contributed by atoms with Crippen LogP contribution in [-0.4, -0.2) is 51.2 Å². The quantitative estimate of drug-likeness (QED) is 0.847. The third-order valence-electron chi connectivity index (χ3n) is 5.40. The number of carbonyl (C=O) groups excluding carboxylic acids is 1. The minimum atomic E-state index is 0.0258. The number of likely N-dealkylation sites (tertiary alicyclic amines) is 1. The molecular formula is C19H26N6O. The Bertz CT molecular complexity index is 799. The van der Waals surface area contributed by atoms with Gasteiger partial charge >= 0.3 is 0 Å². The standard InChI is InChI=1S/C19H26N6O/c1-23(2)17-13-14(9-10-20-17)19(26)24-12-6-7-15(24)18-22-21-16-8-4-3-5-11-25(16)18/h9-10,13,15H,3-8,11-12H2,1-2H3/t15-/m1/s1. The highest BCUT2D eigenvalue weighted by Crippen LogP contribution is 2.33. The molecule has 0 aromatic carbocycles. The van der Waals surface area contributed by atoms with Crippen molar-refractivity contribution < 1.29 is 4.79 Å². The largest absolute Gasteiger partial charge is 0.363 e. The second-order valence-corrected chi connectivity index (χ2v) is 7.39. The Labute approximate surface area is 154 Å². The molecule has 0 bridgehead atoms. The number of anilines is 1. The zero-order valence-corrected chi connectivity index (χ0v) is 15.6. The van der Waals surface area contributed by atoms with Crippen LogP contribution in [0.25, 0.3) is 0 Å². The Morgan fingerprint density at radius 1 is 1.15 bits per heavy atom. The van der Waals surface area contributed by atoms with E-state index in [0.717, 1.165) is 56.2 Å². The molecule has 0 saturated carbocycles. The number of hydrogen-bond donors (Lipinski definition) is 0. The third-order valence-corrected chi connectivity index (χ3v) is 5.40. The van der Waals surface area contributed by atoms with Crippen LogP contribution in [0.3, 0.4) is 0 Å². The molecule has 1 amide bonds. The molecule has 2 aromatic rings. The van der Waals surface area contributed by atoms with E-state index in [1.165, 1.54) is 12.8 Å². The van der Waals surface area contributed by atoms with Crippen LogP contribution in [0.1, 0.15) is 60.2 Å². The first-order valence-electron chi connectivity index (χ1n) is 9.51. The number of hydrogen-bond acceptors (Lipinski definition) is 5. The lowest BCUT2D eigenvalue weighted by atomic mass is 10.1. The summed E-state index contributed by atoms with van der Waals surface area (Å²) >= 11 is 0. The average molecular weight is 354 g/mol. The molecule has 26 heavy (non-hydrogen) atoms. The summed E-state index contributed by atoms with van der Waals surface area (Å²) in [5, 5.41) is 8.92. The fourth-order valence-corrected chi connectivity index (χ4v) is 3.99. The highest BCUT2D eigenvalue weighted by atomic mass is 16.2. The Kier molecular flexibility index (Phi) is 4.61. The molecule has 2 aliphatic rings. The molecular weight excluding hydrogens is 328 g/mol. The van der Waals surface area contributed by atoms with Crippen molar-refractivity contribution in [1.82, 2.24) is 24.6 Å². The van der Waals surface area contributed by atoms with Crippen molar-refractivity contribution in [2.24, 2.45) is 0 Å². The van der Waals surface area contributed by atoms with E-state index in [1.807, 2.05) is 30.0 Å². The molecule has 7 heteroatoms. The highest BCUT2D eigenvalue weighted by Gasteiger charge is 2.35. The maximum Gasteiger partial charge on any atom is 0.254 e. The number of rotatable bonds is 3. The van der Waals surface area contributed by atoms with Gasteiger partial charge in [0.25, 0.3) is 5.91 Å². The molecule has 4 heterocycles. The average Bonchev–Trinajstić information content (AvgIpc) is 3.22. The smallest absolute Gasteiger partial charge is 0.254 e. The molecule has 0 spiro atoms. The number of aromatic nitrogens is 4. The predicted molar refractivity (Wildman–Crippen MR) is 99.2 cm³/mol. The van der Waals surface area contributed by atoms with Crippen molar-refractivity contribution in [3.63, 3.8) is 0 Å². The summed E-state index contributed by atoms with van der Waals surface area (Å²) in [6.07, 6.45) is 8.23. The van der Waals surface area contributed by atoms with Crippen LogP contribution in [0.15, 0.2) is 18.3 Å². The van der Waals surface area contributed by atoms with Crippen LogP contribution < -0.4 is 4.90 Å². The summed E-state index contributed by atoms with van der Waals surface area (Å²) in [6.45, 7) is 1.74. The van der Waals surface area contributed by atoms with Gasteiger partial charge in [0.1, 0.15) is 11.6 Å². The lowest BCUT2D eigenvalue weighted by molar-refractivity contribution is 0.0727. The molecule has 4 rings (SSSR count). The van der Waals surface area contributed by atoms with Gasteiger partial charge in [-0.1, -0.05) is 6.42 Å². The minimum absolute atomic E-state index is 0.0258. The van der Waals surface area contributed by atoms with Crippen molar-refractivity contribution in [3.8, 4) is 0 Å². The van der Waals surface area contributed by atoms with Crippen molar-refractivity contribution in [3.05, 3.63) is 35.5 Å². The van der Waals surface area contributed by atoms with E-state index >= 15 is 0 Å². The van der Waals surface area contributed by atoms with E-state index in [4.69, 9.17) is 0 Å². The molecule has 0 radical (unpaired) electrons. The maximum absolute atomic E-state index is 13.2. The van der Waals surface area contributed by atoms with Crippen LogP contribution in [0, 0.1) is 0 Å². The van der Waals surface area contributed by atoms with Crippen LogP contribution in [0.2, 0.25) is 0 Å². The summed E-state index contributed by atoms with van der Waals surface area (Å²) < 4.78 is 2.26. The summed E-state index contributed by atoms with van der Waals surface area (Å²) in [7, 11) is 3.86.